The molecule has 3 nitrogen and oxygen atoms in total. The first-order chi connectivity index (χ1) is 9.78. The molecule has 2 aromatic carbocycles. The lowest BCUT2D eigenvalue weighted by Gasteiger charge is -2.11. The predicted molar refractivity (Wildman–Crippen MR) is 83.5 cm³/mol. The van der Waals surface area contributed by atoms with Crippen LogP contribution in [0.3, 0.4) is 0 Å². The van der Waals surface area contributed by atoms with Crippen molar-refractivity contribution in [3.8, 4) is 0 Å². The molecule has 0 amide bonds. The van der Waals surface area contributed by atoms with E-state index in [0.29, 0.717) is 0 Å². The monoisotopic (exact) mass is 282 g/mol. The van der Waals surface area contributed by atoms with E-state index in [0.717, 1.165) is 10.9 Å². The smallest absolute Gasteiger partial charge is 0.102 e. The molecule has 2 N–H and O–H groups in total. The van der Waals surface area contributed by atoms with Gasteiger partial charge in [-0.3, -0.25) is 0 Å². The van der Waals surface area contributed by atoms with Crippen LogP contribution in [0.25, 0.3) is 10.9 Å². The van der Waals surface area contributed by atoms with Crippen molar-refractivity contribution in [3.05, 3.63) is 61.1 Å². The van der Waals surface area contributed by atoms with E-state index < -0.39 is 0 Å². The van der Waals surface area contributed by atoms with Gasteiger partial charge < -0.3 is 5.73 Å². The Bertz CT molecular complexity index is 706. The molecule has 20 heavy (non-hydrogen) atoms. The summed E-state index contributed by atoms with van der Waals surface area (Å²) in [7, 11) is 0. The third kappa shape index (κ3) is 2.57. The fourth-order valence-electron chi connectivity index (χ4n) is 2.08. The topological polar surface area (TPSA) is 43.8 Å². The molecule has 3 rings (SSSR count). The first-order valence-electron chi connectivity index (χ1n) is 6.53. The third-order valence-corrected chi connectivity index (χ3v) is 4.17. The maximum absolute atomic E-state index is 6.05. The van der Waals surface area contributed by atoms with Crippen LogP contribution in [0.15, 0.2) is 64.5 Å². The quantitative estimate of drug-likeness (QED) is 0.790. The molecule has 0 saturated carbocycles. The molecule has 1 atom stereocenters. The molecule has 1 unspecified atom stereocenters. The van der Waals surface area contributed by atoms with Crippen LogP contribution in [0.4, 0.5) is 0 Å². The van der Waals surface area contributed by atoms with Gasteiger partial charge in [0.2, 0.25) is 0 Å². The second-order valence-electron chi connectivity index (χ2n) is 4.55. The highest BCUT2D eigenvalue weighted by Crippen LogP contribution is 2.30. The number of hydrogen-bond acceptors (Lipinski definition) is 3. The minimum absolute atomic E-state index is 0.190. The minimum atomic E-state index is -0.190. The predicted octanol–water partition coefficient (Wildman–Crippen LogP) is 3.87. The lowest BCUT2D eigenvalue weighted by molar-refractivity contribution is 0.544. The Kier molecular flexibility index (Phi) is 3.76. The summed E-state index contributed by atoms with van der Waals surface area (Å²) in [6.07, 6.45) is 3.60. The van der Waals surface area contributed by atoms with Crippen LogP contribution < -0.4 is 5.73 Å². The number of aromatic nitrogens is 2. The van der Waals surface area contributed by atoms with Gasteiger partial charge in [0.15, 0.2) is 0 Å². The maximum atomic E-state index is 6.05. The van der Waals surface area contributed by atoms with E-state index in [2.05, 4.69) is 35.4 Å². The third-order valence-electron chi connectivity index (χ3n) is 3.17. The van der Waals surface area contributed by atoms with E-state index in [4.69, 9.17) is 5.73 Å². The van der Waals surface area contributed by atoms with E-state index >= 15 is 0 Å². The van der Waals surface area contributed by atoms with Crippen LogP contribution in [0, 0.1) is 6.42 Å². The van der Waals surface area contributed by atoms with E-state index in [1.54, 1.807) is 11.8 Å². The van der Waals surface area contributed by atoms with Crippen LogP contribution in [0.2, 0.25) is 0 Å². The van der Waals surface area contributed by atoms with Crippen molar-refractivity contribution < 1.29 is 0 Å². The lowest BCUT2D eigenvalue weighted by atomic mass is 10.2. The van der Waals surface area contributed by atoms with Gasteiger partial charge in [-0.2, -0.15) is 5.10 Å². The number of nitrogens with zero attached hydrogens (tertiary/aromatic N) is 2. The van der Waals surface area contributed by atoms with Crippen LogP contribution in [0.1, 0.15) is 13.1 Å². The van der Waals surface area contributed by atoms with Gasteiger partial charge >= 0.3 is 0 Å². The minimum Gasteiger partial charge on any atom is -0.309 e. The summed E-state index contributed by atoms with van der Waals surface area (Å²) in [5, 5.41) is 5.48. The van der Waals surface area contributed by atoms with E-state index in [9.17, 15) is 0 Å². The molecular weight excluding hydrogens is 266 g/mol. The zero-order valence-corrected chi connectivity index (χ0v) is 12.0. The first kappa shape index (κ1) is 13.2. The Morgan fingerprint density at radius 2 is 1.95 bits per heavy atom. The molecule has 3 aromatic rings. The van der Waals surface area contributed by atoms with Gasteiger partial charge in [-0.05, 0) is 30.7 Å². The normalized spacial score (nSPS) is 12.7. The van der Waals surface area contributed by atoms with Crippen LogP contribution in [-0.2, 0) is 0 Å². The molecule has 0 aliphatic rings. The standard InChI is InChI=1S/C16H16N3S/c1-2-16(17)19-15-10-14(9-8-12(15)11-18-19)20-13-6-4-3-5-7-13/h2-11,16H,17H2,1H3. The largest absolute Gasteiger partial charge is 0.309 e. The highest BCUT2D eigenvalue weighted by molar-refractivity contribution is 7.99. The Morgan fingerprint density at radius 3 is 2.70 bits per heavy atom. The fourth-order valence-corrected chi connectivity index (χ4v) is 2.96. The highest BCUT2D eigenvalue weighted by atomic mass is 32.2. The highest BCUT2D eigenvalue weighted by Gasteiger charge is 2.09. The fraction of sp³-hybridized carbons (Fsp3) is 0.125. The molecule has 1 radical (unpaired) electrons. The summed E-state index contributed by atoms with van der Waals surface area (Å²) in [4.78, 5) is 2.41. The molecule has 4 heteroatoms. The van der Waals surface area contributed by atoms with Crippen molar-refractivity contribution >= 4 is 22.7 Å². The van der Waals surface area contributed by atoms with Gasteiger partial charge in [-0.25, -0.2) is 4.68 Å². The van der Waals surface area contributed by atoms with Crippen molar-refractivity contribution in [2.75, 3.05) is 0 Å². The lowest BCUT2D eigenvalue weighted by Crippen LogP contribution is -2.18. The zero-order valence-electron chi connectivity index (χ0n) is 11.2. The summed E-state index contributed by atoms with van der Waals surface area (Å²) < 4.78 is 1.85. The summed E-state index contributed by atoms with van der Waals surface area (Å²) in [6.45, 7) is 1.95. The van der Waals surface area contributed by atoms with E-state index in [1.165, 1.54) is 9.79 Å². The molecule has 0 saturated heterocycles. The Balaban J connectivity index is 1.97. The molecule has 0 bridgehead atoms. The molecule has 1 aromatic heterocycles. The number of nitrogens with two attached hydrogens (primary N) is 1. The second-order valence-corrected chi connectivity index (χ2v) is 5.70. The average Bonchev–Trinajstić information content (AvgIpc) is 2.91. The molecule has 0 aliphatic heterocycles. The number of rotatable bonds is 4. The SMILES string of the molecule is C[CH]C(N)n1ncc2ccc(Sc3ccccc3)cc21. The summed E-state index contributed by atoms with van der Waals surface area (Å²) in [6, 6.07) is 16.7. The van der Waals surface area contributed by atoms with Crippen LogP contribution in [0.5, 0.6) is 0 Å². The summed E-state index contributed by atoms with van der Waals surface area (Å²) >= 11 is 1.74. The molecule has 1 heterocycles. The molecule has 101 valence electrons. The second kappa shape index (κ2) is 5.69. The molecule has 0 spiro atoms. The molecule has 0 aliphatic carbocycles. The Labute approximate surface area is 122 Å². The first-order valence-corrected chi connectivity index (χ1v) is 7.35. The van der Waals surface area contributed by atoms with E-state index in [-0.39, 0.29) is 6.17 Å². The maximum Gasteiger partial charge on any atom is 0.102 e. The summed E-state index contributed by atoms with van der Waals surface area (Å²) in [5.74, 6) is 0. The molecule has 0 fully saturated rings. The van der Waals surface area contributed by atoms with Crippen LogP contribution >= 0.6 is 11.8 Å². The Hall–Kier alpha value is -1.78. The summed E-state index contributed by atoms with van der Waals surface area (Å²) in [5.41, 5.74) is 7.11. The van der Waals surface area contributed by atoms with E-state index in [1.807, 2.05) is 42.4 Å². The van der Waals surface area contributed by atoms with Gasteiger partial charge in [0.05, 0.1) is 11.7 Å². The van der Waals surface area contributed by atoms with Gasteiger partial charge in [0, 0.05) is 15.2 Å². The van der Waals surface area contributed by atoms with Crippen LogP contribution in [-0.4, -0.2) is 9.78 Å². The van der Waals surface area contributed by atoms with Gasteiger partial charge in [0.1, 0.15) is 6.17 Å². The number of benzene rings is 2. The van der Waals surface area contributed by atoms with Crippen molar-refractivity contribution in [3.63, 3.8) is 0 Å². The number of hydrogen-bond donors (Lipinski definition) is 1. The Morgan fingerprint density at radius 1 is 1.15 bits per heavy atom. The zero-order chi connectivity index (χ0) is 13.9. The number of fused-ring (bicyclic) bond motifs is 1. The van der Waals surface area contributed by atoms with Crippen molar-refractivity contribution in [1.29, 1.82) is 0 Å². The average molecular weight is 282 g/mol. The van der Waals surface area contributed by atoms with Crippen molar-refractivity contribution in [2.24, 2.45) is 5.73 Å². The molecular formula is C16H16N3S. The van der Waals surface area contributed by atoms with Gasteiger partial charge in [0.25, 0.3) is 0 Å². The van der Waals surface area contributed by atoms with Gasteiger partial charge in [-0.1, -0.05) is 43.0 Å². The van der Waals surface area contributed by atoms with Crippen molar-refractivity contribution in [2.45, 2.75) is 22.9 Å². The van der Waals surface area contributed by atoms with Crippen molar-refractivity contribution in [1.82, 2.24) is 9.78 Å². The van der Waals surface area contributed by atoms with Gasteiger partial charge in [-0.15, -0.1) is 0 Å².